The van der Waals surface area contributed by atoms with Crippen LogP contribution in [0.4, 0.5) is 15.0 Å². The average molecular weight is 300 g/mol. The molecule has 0 fully saturated rings. The van der Waals surface area contributed by atoms with Crippen LogP contribution in [0.1, 0.15) is 19.5 Å². The lowest BCUT2D eigenvalue weighted by molar-refractivity contribution is 0.259. The highest BCUT2D eigenvalue weighted by atomic mass is 19.1. The number of para-hydroxylation sites is 1. The first-order chi connectivity index (χ1) is 10.6. The van der Waals surface area contributed by atoms with Gasteiger partial charge in [-0.25, -0.2) is 13.9 Å². The van der Waals surface area contributed by atoms with Crippen LogP contribution in [0.15, 0.2) is 48.6 Å². The summed E-state index contributed by atoms with van der Waals surface area (Å²) in [5.74, 6) is -0.716. The van der Waals surface area contributed by atoms with Gasteiger partial charge in [0.25, 0.3) is 0 Å². The SMILES string of the molecule is C/C=C\C(=C/C)c1nn(-c2ccccc2)c(NC(N)=O)c1F. The summed E-state index contributed by atoms with van der Waals surface area (Å²) in [7, 11) is 0. The number of nitrogens with one attached hydrogen (secondary N) is 1. The first-order valence-corrected chi connectivity index (χ1v) is 6.78. The largest absolute Gasteiger partial charge is 0.351 e. The van der Waals surface area contributed by atoms with Crippen LogP contribution in [0.2, 0.25) is 0 Å². The van der Waals surface area contributed by atoms with E-state index >= 15 is 0 Å². The minimum atomic E-state index is -0.851. The first-order valence-electron chi connectivity index (χ1n) is 6.78. The van der Waals surface area contributed by atoms with E-state index in [0.717, 1.165) is 0 Å². The Hall–Kier alpha value is -2.89. The number of allylic oxidation sites excluding steroid dienone is 4. The smallest absolute Gasteiger partial charge is 0.317 e. The monoisotopic (exact) mass is 300 g/mol. The van der Waals surface area contributed by atoms with E-state index in [-0.39, 0.29) is 11.5 Å². The molecule has 114 valence electrons. The summed E-state index contributed by atoms with van der Waals surface area (Å²) in [5, 5.41) is 6.57. The maximum Gasteiger partial charge on any atom is 0.317 e. The number of amides is 2. The lowest BCUT2D eigenvalue weighted by Gasteiger charge is -2.06. The molecular formula is C16H17FN4O. The van der Waals surface area contributed by atoms with Crippen LogP contribution in [-0.4, -0.2) is 15.8 Å². The zero-order chi connectivity index (χ0) is 16.1. The molecule has 5 nitrogen and oxygen atoms in total. The fourth-order valence-corrected chi connectivity index (χ4v) is 2.06. The first kappa shape index (κ1) is 15.5. The Kier molecular flexibility index (Phi) is 4.73. The quantitative estimate of drug-likeness (QED) is 0.848. The molecule has 0 saturated carbocycles. The Morgan fingerprint density at radius 2 is 2.00 bits per heavy atom. The molecule has 0 saturated heterocycles. The Morgan fingerprint density at radius 1 is 1.32 bits per heavy atom. The van der Waals surface area contributed by atoms with Gasteiger partial charge in [-0.2, -0.15) is 5.10 Å². The molecule has 0 aliphatic carbocycles. The number of primary amides is 1. The number of benzene rings is 1. The zero-order valence-corrected chi connectivity index (χ0v) is 12.4. The van der Waals surface area contributed by atoms with E-state index in [0.29, 0.717) is 11.3 Å². The number of carbonyl (C=O) groups is 1. The van der Waals surface area contributed by atoms with Gasteiger partial charge in [0.2, 0.25) is 0 Å². The van der Waals surface area contributed by atoms with E-state index in [1.165, 1.54) is 4.68 Å². The van der Waals surface area contributed by atoms with Gasteiger partial charge < -0.3 is 5.73 Å². The van der Waals surface area contributed by atoms with Crippen molar-refractivity contribution in [2.24, 2.45) is 5.73 Å². The molecule has 0 radical (unpaired) electrons. The predicted octanol–water partition coefficient (Wildman–Crippen LogP) is 3.48. The van der Waals surface area contributed by atoms with Crippen molar-refractivity contribution in [3.05, 3.63) is 60.1 Å². The topological polar surface area (TPSA) is 72.9 Å². The fourth-order valence-electron chi connectivity index (χ4n) is 2.06. The molecule has 1 heterocycles. The van der Waals surface area contributed by atoms with Crippen molar-refractivity contribution < 1.29 is 9.18 Å². The molecule has 0 bridgehead atoms. The van der Waals surface area contributed by atoms with Crippen molar-refractivity contribution in [3.8, 4) is 5.69 Å². The summed E-state index contributed by atoms with van der Waals surface area (Å²) in [6.45, 7) is 3.62. The Balaban J connectivity index is 2.64. The number of hydrogen-bond acceptors (Lipinski definition) is 2. The number of nitrogens with two attached hydrogens (primary N) is 1. The average Bonchev–Trinajstić information content (AvgIpc) is 2.82. The fraction of sp³-hybridized carbons (Fsp3) is 0.125. The Morgan fingerprint density at radius 3 is 2.55 bits per heavy atom. The van der Waals surface area contributed by atoms with Crippen LogP contribution < -0.4 is 11.1 Å². The van der Waals surface area contributed by atoms with Gasteiger partial charge >= 0.3 is 6.03 Å². The van der Waals surface area contributed by atoms with Crippen molar-refractivity contribution >= 4 is 17.4 Å². The van der Waals surface area contributed by atoms with Gasteiger partial charge in [0, 0.05) is 5.57 Å². The van der Waals surface area contributed by atoms with Gasteiger partial charge in [0.1, 0.15) is 5.69 Å². The Labute approximate surface area is 127 Å². The molecule has 1 aromatic carbocycles. The van der Waals surface area contributed by atoms with E-state index in [4.69, 9.17) is 5.73 Å². The molecule has 22 heavy (non-hydrogen) atoms. The molecule has 0 atom stereocenters. The van der Waals surface area contributed by atoms with Crippen molar-refractivity contribution in [1.82, 2.24) is 9.78 Å². The summed E-state index contributed by atoms with van der Waals surface area (Å²) >= 11 is 0. The third kappa shape index (κ3) is 3.06. The van der Waals surface area contributed by atoms with E-state index < -0.39 is 11.8 Å². The minimum absolute atomic E-state index is 0.0856. The van der Waals surface area contributed by atoms with Gasteiger partial charge in [-0.15, -0.1) is 0 Å². The molecule has 2 rings (SSSR count). The van der Waals surface area contributed by atoms with Crippen molar-refractivity contribution in [3.63, 3.8) is 0 Å². The number of rotatable bonds is 4. The highest BCUT2D eigenvalue weighted by Gasteiger charge is 2.21. The van der Waals surface area contributed by atoms with E-state index in [9.17, 15) is 9.18 Å². The summed E-state index contributed by atoms with van der Waals surface area (Å²) in [5.41, 5.74) is 6.51. The van der Waals surface area contributed by atoms with Gasteiger partial charge in [0.15, 0.2) is 11.6 Å². The molecule has 1 aromatic heterocycles. The second-order valence-electron chi connectivity index (χ2n) is 4.49. The highest BCUT2D eigenvalue weighted by molar-refractivity contribution is 5.88. The molecule has 6 heteroatoms. The number of anilines is 1. The van der Waals surface area contributed by atoms with E-state index in [2.05, 4.69) is 10.4 Å². The molecule has 0 aliphatic rings. The zero-order valence-electron chi connectivity index (χ0n) is 12.4. The molecule has 0 spiro atoms. The van der Waals surface area contributed by atoms with Crippen LogP contribution in [0.25, 0.3) is 11.3 Å². The highest BCUT2D eigenvalue weighted by Crippen LogP contribution is 2.27. The van der Waals surface area contributed by atoms with Crippen LogP contribution in [0, 0.1) is 5.82 Å². The number of urea groups is 1. The number of halogens is 1. The number of aromatic nitrogens is 2. The molecule has 2 amide bonds. The van der Waals surface area contributed by atoms with Gasteiger partial charge in [0.05, 0.1) is 5.69 Å². The van der Waals surface area contributed by atoms with Gasteiger partial charge in [-0.05, 0) is 26.0 Å². The van der Waals surface area contributed by atoms with Crippen LogP contribution in [0.5, 0.6) is 0 Å². The second kappa shape index (κ2) is 6.71. The number of nitrogens with zero attached hydrogens (tertiary/aromatic N) is 2. The predicted molar refractivity (Wildman–Crippen MR) is 85.2 cm³/mol. The van der Waals surface area contributed by atoms with Gasteiger partial charge in [-0.1, -0.05) is 36.4 Å². The van der Waals surface area contributed by atoms with Crippen molar-refractivity contribution in [1.29, 1.82) is 0 Å². The van der Waals surface area contributed by atoms with Crippen molar-refractivity contribution in [2.75, 3.05) is 5.32 Å². The van der Waals surface area contributed by atoms with Crippen LogP contribution in [-0.2, 0) is 0 Å². The molecule has 2 aromatic rings. The molecule has 3 N–H and O–H groups in total. The van der Waals surface area contributed by atoms with E-state index in [1.54, 1.807) is 49.4 Å². The summed E-state index contributed by atoms with van der Waals surface area (Å²) in [6, 6.07) is 8.09. The van der Waals surface area contributed by atoms with Crippen LogP contribution in [0.3, 0.4) is 0 Å². The van der Waals surface area contributed by atoms with Crippen molar-refractivity contribution in [2.45, 2.75) is 13.8 Å². The summed E-state index contributed by atoms with van der Waals surface area (Å²) < 4.78 is 16.0. The summed E-state index contributed by atoms with van der Waals surface area (Å²) in [6.07, 6.45) is 5.28. The molecular weight excluding hydrogens is 283 g/mol. The molecule has 0 unspecified atom stereocenters. The summed E-state index contributed by atoms with van der Waals surface area (Å²) in [4.78, 5) is 11.2. The maximum absolute atomic E-state index is 14.7. The second-order valence-corrected chi connectivity index (χ2v) is 4.49. The maximum atomic E-state index is 14.7. The lowest BCUT2D eigenvalue weighted by Crippen LogP contribution is -2.22. The third-order valence-corrected chi connectivity index (χ3v) is 3.00. The minimum Gasteiger partial charge on any atom is -0.351 e. The molecule has 0 aliphatic heterocycles. The lowest BCUT2D eigenvalue weighted by atomic mass is 10.1. The Bertz CT molecular complexity index is 732. The third-order valence-electron chi connectivity index (χ3n) is 3.00. The van der Waals surface area contributed by atoms with E-state index in [1.807, 2.05) is 13.0 Å². The standard InChI is InChI=1S/C16H17FN4O/c1-3-8-11(4-2)14-13(17)15(19-16(18)22)21(20-14)12-9-6-5-7-10-12/h3-10H,1-2H3,(H3,18,19,22)/b8-3-,11-4+. The number of hydrogen-bond donors (Lipinski definition) is 2. The normalized spacial score (nSPS) is 11.9. The number of carbonyl (C=O) groups excluding carboxylic acids is 1. The van der Waals surface area contributed by atoms with Gasteiger partial charge in [-0.3, -0.25) is 5.32 Å². The van der Waals surface area contributed by atoms with Crippen LogP contribution >= 0.6 is 0 Å².